The van der Waals surface area contributed by atoms with Crippen LogP contribution in [-0.4, -0.2) is 35.9 Å². The van der Waals surface area contributed by atoms with Crippen LogP contribution >= 0.6 is 0 Å². The SMILES string of the molecule is O=C1CC(C(=O)N2CCC(Oc3cccc(F)c3)CC2)c2ccccc2N1. The Kier molecular flexibility index (Phi) is 4.79. The molecule has 1 fully saturated rings. The van der Waals surface area contributed by atoms with Crippen LogP contribution in [0.2, 0.25) is 0 Å². The van der Waals surface area contributed by atoms with E-state index in [1.54, 1.807) is 12.1 Å². The van der Waals surface area contributed by atoms with Crippen molar-refractivity contribution in [3.63, 3.8) is 0 Å². The summed E-state index contributed by atoms with van der Waals surface area (Å²) in [6, 6.07) is 13.6. The van der Waals surface area contributed by atoms with Crippen molar-refractivity contribution < 1.29 is 18.7 Å². The lowest BCUT2D eigenvalue weighted by Crippen LogP contribution is -2.45. The highest BCUT2D eigenvalue weighted by atomic mass is 19.1. The van der Waals surface area contributed by atoms with Crippen LogP contribution in [0.5, 0.6) is 5.75 Å². The van der Waals surface area contributed by atoms with Gasteiger partial charge in [-0.15, -0.1) is 0 Å². The summed E-state index contributed by atoms with van der Waals surface area (Å²) >= 11 is 0. The third kappa shape index (κ3) is 3.79. The summed E-state index contributed by atoms with van der Waals surface area (Å²) in [6.45, 7) is 1.14. The topological polar surface area (TPSA) is 58.6 Å². The molecule has 2 amide bonds. The lowest BCUT2D eigenvalue weighted by molar-refractivity contribution is -0.136. The summed E-state index contributed by atoms with van der Waals surface area (Å²) in [5.74, 6) is -0.388. The molecule has 2 aliphatic rings. The molecule has 1 saturated heterocycles. The fourth-order valence-corrected chi connectivity index (χ4v) is 3.78. The zero-order chi connectivity index (χ0) is 18.8. The highest BCUT2D eigenvalue weighted by Gasteiger charge is 2.35. The van der Waals surface area contributed by atoms with Crippen molar-refractivity contribution in [1.29, 1.82) is 0 Å². The zero-order valence-corrected chi connectivity index (χ0v) is 14.9. The maximum atomic E-state index is 13.3. The summed E-state index contributed by atoms with van der Waals surface area (Å²) in [5.41, 5.74) is 1.59. The normalized spacial score (nSPS) is 20.0. The molecule has 0 saturated carbocycles. The summed E-state index contributed by atoms with van der Waals surface area (Å²) in [5, 5.41) is 2.83. The number of fused-ring (bicyclic) bond motifs is 1. The molecule has 2 heterocycles. The molecule has 4 rings (SSSR count). The molecule has 27 heavy (non-hydrogen) atoms. The number of likely N-dealkylation sites (tertiary alicyclic amines) is 1. The average Bonchev–Trinajstić information content (AvgIpc) is 2.67. The van der Waals surface area contributed by atoms with Crippen molar-refractivity contribution in [2.45, 2.75) is 31.3 Å². The monoisotopic (exact) mass is 368 g/mol. The first kappa shape index (κ1) is 17.5. The van der Waals surface area contributed by atoms with E-state index in [2.05, 4.69) is 5.32 Å². The predicted molar refractivity (Wildman–Crippen MR) is 99.1 cm³/mol. The molecule has 0 aromatic heterocycles. The quantitative estimate of drug-likeness (QED) is 0.904. The number of benzene rings is 2. The molecule has 0 radical (unpaired) electrons. The van der Waals surface area contributed by atoms with Gasteiger partial charge in [-0.25, -0.2) is 4.39 Å². The maximum absolute atomic E-state index is 13.3. The minimum atomic E-state index is -0.435. The lowest BCUT2D eigenvalue weighted by Gasteiger charge is -2.35. The Bertz CT molecular complexity index is 862. The van der Waals surface area contributed by atoms with E-state index >= 15 is 0 Å². The molecule has 5 nitrogen and oxygen atoms in total. The summed E-state index contributed by atoms with van der Waals surface area (Å²) in [4.78, 5) is 26.8. The highest BCUT2D eigenvalue weighted by Crippen LogP contribution is 2.34. The van der Waals surface area contributed by atoms with Gasteiger partial charge in [0, 0.05) is 44.1 Å². The van der Waals surface area contributed by atoms with Gasteiger partial charge >= 0.3 is 0 Å². The van der Waals surface area contributed by atoms with Crippen molar-refractivity contribution in [3.8, 4) is 5.75 Å². The first-order valence-corrected chi connectivity index (χ1v) is 9.20. The van der Waals surface area contributed by atoms with E-state index in [-0.39, 0.29) is 30.2 Å². The van der Waals surface area contributed by atoms with Crippen LogP contribution in [0.4, 0.5) is 10.1 Å². The maximum Gasteiger partial charge on any atom is 0.230 e. The molecule has 0 aliphatic carbocycles. The number of nitrogens with one attached hydrogen (secondary N) is 1. The van der Waals surface area contributed by atoms with Gasteiger partial charge in [-0.3, -0.25) is 9.59 Å². The number of carbonyl (C=O) groups is 2. The van der Waals surface area contributed by atoms with Crippen molar-refractivity contribution in [1.82, 2.24) is 4.90 Å². The third-order valence-corrected chi connectivity index (χ3v) is 5.15. The summed E-state index contributed by atoms with van der Waals surface area (Å²) in [7, 11) is 0. The average molecular weight is 368 g/mol. The van der Waals surface area contributed by atoms with E-state index in [0.717, 1.165) is 11.3 Å². The van der Waals surface area contributed by atoms with Crippen LogP contribution in [-0.2, 0) is 9.59 Å². The molecule has 1 N–H and O–H groups in total. The zero-order valence-electron chi connectivity index (χ0n) is 14.9. The second kappa shape index (κ2) is 7.39. The van der Waals surface area contributed by atoms with Crippen molar-refractivity contribution in [2.24, 2.45) is 0 Å². The van der Waals surface area contributed by atoms with Crippen LogP contribution in [0.25, 0.3) is 0 Å². The standard InChI is InChI=1S/C21H21FN2O3/c22-14-4-3-5-16(12-14)27-15-8-10-24(11-9-15)21(26)18-13-20(25)23-19-7-2-1-6-17(18)19/h1-7,12,15,18H,8-11,13H2,(H,23,25). The van der Waals surface area contributed by atoms with Gasteiger partial charge in [-0.2, -0.15) is 0 Å². The molecule has 2 aromatic rings. The first-order valence-electron chi connectivity index (χ1n) is 9.20. The predicted octanol–water partition coefficient (Wildman–Crippen LogP) is 3.32. The van der Waals surface area contributed by atoms with Gasteiger partial charge in [-0.1, -0.05) is 24.3 Å². The summed E-state index contributed by atoms with van der Waals surface area (Å²) < 4.78 is 19.1. The van der Waals surface area contributed by atoms with E-state index in [4.69, 9.17) is 4.74 Å². The summed E-state index contributed by atoms with van der Waals surface area (Å²) in [6.07, 6.45) is 1.50. The molecule has 6 heteroatoms. The number of piperidine rings is 1. The van der Waals surface area contributed by atoms with Gasteiger partial charge in [0.25, 0.3) is 0 Å². The van der Waals surface area contributed by atoms with E-state index < -0.39 is 5.92 Å². The number of amides is 2. The van der Waals surface area contributed by atoms with Gasteiger partial charge in [0.15, 0.2) is 0 Å². The first-order chi connectivity index (χ1) is 13.1. The Morgan fingerprint density at radius 1 is 1.11 bits per heavy atom. The number of para-hydroxylation sites is 1. The van der Waals surface area contributed by atoms with Crippen LogP contribution < -0.4 is 10.1 Å². The molecule has 2 aromatic carbocycles. The fraction of sp³-hybridized carbons (Fsp3) is 0.333. The number of hydrogen-bond acceptors (Lipinski definition) is 3. The Balaban J connectivity index is 1.40. The van der Waals surface area contributed by atoms with Gasteiger partial charge in [0.1, 0.15) is 17.7 Å². The number of ether oxygens (including phenoxy) is 1. The van der Waals surface area contributed by atoms with Gasteiger partial charge in [-0.05, 0) is 23.8 Å². The molecular formula is C21H21FN2O3. The second-order valence-electron chi connectivity index (χ2n) is 6.99. The number of nitrogens with zero attached hydrogens (tertiary/aromatic N) is 1. The van der Waals surface area contributed by atoms with Gasteiger partial charge < -0.3 is 15.0 Å². The van der Waals surface area contributed by atoms with E-state index in [1.165, 1.54) is 12.1 Å². The second-order valence-corrected chi connectivity index (χ2v) is 6.99. The Morgan fingerprint density at radius 2 is 1.89 bits per heavy atom. The Morgan fingerprint density at radius 3 is 2.67 bits per heavy atom. The van der Waals surface area contributed by atoms with Crippen LogP contribution in [0, 0.1) is 5.82 Å². The molecule has 1 unspecified atom stereocenters. The van der Waals surface area contributed by atoms with Crippen LogP contribution in [0.15, 0.2) is 48.5 Å². The van der Waals surface area contributed by atoms with Crippen LogP contribution in [0.1, 0.15) is 30.7 Å². The number of rotatable bonds is 3. The van der Waals surface area contributed by atoms with E-state index in [1.807, 2.05) is 29.2 Å². The van der Waals surface area contributed by atoms with Crippen molar-refractivity contribution in [3.05, 3.63) is 59.9 Å². The number of anilines is 1. The van der Waals surface area contributed by atoms with Crippen molar-refractivity contribution in [2.75, 3.05) is 18.4 Å². The van der Waals surface area contributed by atoms with Crippen LogP contribution in [0.3, 0.4) is 0 Å². The molecule has 0 bridgehead atoms. The molecular weight excluding hydrogens is 347 g/mol. The van der Waals surface area contributed by atoms with E-state index in [0.29, 0.717) is 31.7 Å². The van der Waals surface area contributed by atoms with E-state index in [9.17, 15) is 14.0 Å². The highest BCUT2D eigenvalue weighted by molar-refractivity contribution is 6.01. The smallest absolute Gasteiger partial charge is 0.230 e. The lowest BCUT2D eigenvalue weighted by atomic mass is 9.88. The minimum absolute atomic E-state index is 0.0125. The number of carbonyl (C=O) groups excluding carboxylic acids is 2. The Labute approximate surface area is 157 Å². The minimum Gasteiger partial charge on any atom is -0.490 e. The largest absolute Gasteiger partial charge is 0.490 e. The van der Waals surface area contributed by atoms with Gasteiger partial charge in [0.2, 0.25) is 11.8 Å². The van der Waals surface area contributed by atoms with Crippen molar-refractivity contribution >= 4 is 17.5 Å². The molecule has 140 valence electrons. The molecule has 0 spiro atoms. The Hall–Kier alpha value is -2.89. The molecule has 1 atom stereocenters. The third-order valence-electron chi connectivity index (χ3n) is 5.15. The number of halogens is 1. The number of hydrogen-bond donors (Lipinski definition) is 1. The molecule has 2 aliphatic heterocycles. The fourth-order valence-electron chi connectivity index (χ4n) is 3.78. The van der Waals surface area contributed by atoms with Gasteiger partial charge in [0.05, 0.1) is 5.92 Å².